The predicted octanol–water partition coefficient (Wildman–Crippen LogP) is 1.43. The van der Waals surface area contributed by atoms with E-state index in [1.165, 1.54) is 4.88 Å². The minimum atomic E-state index is -0.255. The number of thiazole rings is 1. The van der Waals surface area contributed by atoms with Gasteiger partial charge in [-0.15, -0.1) is 35.3 Å². The minimum Gasteiger partial charge on any atom is -0.369 e. The molecule has 1 amide bonds. The second-order valence-electron chi connectivity index (χ2n) is 6.41. The normalized spacial score (nSPS) is 16.2. The number of nitrogens with zero attached hydrogens (tertiary/aromatic N) is 3. The molecular formula is C17H31IN6OS. The Bertz CT molecular complexity index is 598. The predicted molar refractivity (Wildman–Crippen MR) is 118 cm³/mol. The standard InChI is InChI=1S/C17H30N6OS.HI/c1-4-19-17(20-8-5-15-12(2)21-13(3)25-15)22-14-6-9-23(10-7-14)11-16(18)24;/h14H,4-11H2,1-3H3,(H2,18,24)(H2,19,20,22);1H. The van der Waals surface area contributed by atoms with Crippen molar-refractivity contribution < 1.29 is 4.79 Å². The summed E-state index contributed by atoms with van der Waals surface area (Å²) in [5.41, 5.74) is 6.39. The molecule has 148 valence electrons. The number of nitrogens with one attached hydrogen (secondary N) is 2. The molecule has 1 fully saturated rings. The summed E-state index contributed by atoms with van der Waals surface area (Å²) in [6.45, 7) is 9.90. The Morgan fingerprint density at radius 2 is 2.08 bits per heavy atom. The van der Waals surface area contributed by atoms with Gasteiger partial charge in [0.25, 0.3) is 0 Å². The summed E-state index contributed by atoms with van der Waals surface area (Å²) in [5.74, 6) is 0.615. The summed E-state index contributed by atoms with van der Waals surface area (Å²) < 4.78 is 0. The van der Waals surface area contributed by atoms with Crippen LogP contribution in [0.5, 0.6) is 0 Å². The number of piperidine rings is 1. The summed E-state index contributed by atoms with van der Waals surface area (Å²) in [5, 5.41) is 7.95. The fraction of sp³-hybridized carbons (Fsp3) is 0.706. The van der Waals surface area contributed by atoms with Gasteiger partial charge in [-0.1, -0.05) is 0 Å². The highest BCUT2D eigenvalue weighted by Crippen LogP contribution is 2.17. The average Bonchev–Trinajstić information content (AvgIpc) is 2.86. The van der Waals surface area contributed by atoms with Gasteiger partial charge in [-0.25, -0.2) is 4.98 Å². The van der Waals surface area contributed by atoms with Gasteiger partial charge in [-0.3, -0.25) is 14.7 Å². The van der Waals surface area contributed by atoms with Gasteiger partial charge in [-0.2, -0.15) is 0 Å². The molecule has 1 aliphatic heterocycles. The van der Waals surface area contributed by atoms with Crippen LogP contribution in [0.1, 0.15) is 35.3 Å². The fourth-order valence-electron chi connectivity index (χ4n) is 3.04. The van der Waals surface area contributed by atoms with E-state index in [4.69, 9.17) is 10.7 Å². The number of hydrogen-bond acceptors (Lipinski definition) is 5. The molecule has 2 heterocycles. The van der Waals surface area contributed by atoms with Crippen molar-refractivity contribution in [2.45, 2.75) is 46.1 Å². The van der Waals surface area contributed by atoms with E-state index in [1.54, 1.807) is 11.3 Å². The third-order valence-electron chi connectivity index (χ3n) is 4.26. The van der Waals surface area contributed by atoms with Crippen molar-refractivity contribution in [3.63, 3.8) is 0 Å². The zero-order valence-electron chi connectivity index (χ0n) is 15.9. The van der Waals surface area contributed by atoms with E-state index in [0.717, 1.165) is 62.1 Å². The van der Waals surface area contributed by atoms with E-state index in [-0.39, 0.29) is 29.9 Å². The molecule has 0 radical (unpaired) electrons. The largest absolute Gasteiger partial charge is 0.369 e. The second-order valence-corrected chi connectivity index (χ2v) is 7.70. The summed E-state index contributed by atoms with van der Waals surface area (Å²) in [6, 6.07) is 0.384. The number of aromatic nitrogens is 1. The van der Waals surface area contributed by atoms with Gasteiger partial charge in [0.1, 0.15) is 0 Å². The maximum Gasteiger partial charge on any atom is 0.231 e. The number of aliphatic imine (C=N–C) groups is 1. The number of guanidine groups is 1. The summed E-state index contributed by atoms with van der Waals surface area (Å²) in [6.07, 6.45) is 2.90. The van der Waals surface area contributed by atoms with Crippen molar-refractivity contribution in [3.8, 4) is 0 Å². The number of primary amides is 1. The molecule has 1 saturated heterocycles. The van der Waals surface area contributed by atoms with Gasteiger partial charge in [0, 0.05) is 43.5 Å². The van der Waals surface area contributed by atoms with E-state index in [1.807, 2.05) is 6.92 Å². The molecule has 0 atom stereocenters. The number of halogens is 1. The number of likely N-dealkylation sites (tertiary alicyclic amines) is 1. The monoisotopic (exact) mass is 494 g/mol. The molecule has 4 N–H and O–H groups in total. The third kappa shape index (κ3) is 7.75. The lowest BCUT2D eigenvalue weighted by molar-refractivity contribution is -0.119. The van der Waals surface area contributed by atoms with Crippen LogP contribution in [0.4, 0.5) is 0 Å². The molecular weight excluding hydrogens is 463 g/mol. The molecule has 1 aromatic heterocycles. The quantitative estimate of drug-likeness (QED) is 0.303. The van der Waals surface area contributed by atoms with Crippen LogP contribution in [0, 0.1) is 13.8 Å². The van der Waals surface area contributed by atoms with E-state index in [0.29, 0.717) is 12.6 Å². The first-order chi connectivity index (χ1) is 12.0. The lowest BCUT2D eigenvalue weighted by Gasteiger charge is -2.32. The zero-order valence-corrected chi connectivity index (χ0v) is 19.0. The Hall–Kier alpha value is -0.940. The number of carbonyl (C=O) groups excluding carboxylic acids is 1. The first-order valence-electron chi connectivity index (χ1n) is 8.96. The molecule has 0 aliphatic carbocycles. The molecule has 0 unspecified atom stereocenters. The molecule has 0 bridgehead atoms. The summed E-state index contributed by atoms with van der Waals surface area (Å²) >= 11 is 1.76. The summed E-state index contributed by atoms with van der Waals surface area (Å²) in [4.78, 5) is 23.6. The van der Waals surface area contributed by atoms with Gasteiger partial charge in [0.15, 0.2) is 5.96 Å². The van der Waals surface area contributed by atoms with Crippen LogP contribution in [0.3, 0.4) is 0 Å². The van der Waals surface area contributed by atoms with E-state index in [9.17, 15) is 4.79 Å². The lowest BCUT2D eigenvalue weighted by atomic mass is 10.1. The Balaban J connectivity index is 0.00000338. The highest BCUT2D eigenvalue weighted by atomic mass is 127. The number of hydrogen-bond donors (Lipinski definition) is 3. The summed E-state index contributed by atoms with van der Waals surface area (Å²) in [7, 11) is 0. The molecule has 7 nitrogen and oxygen atoms in total. The van der Waals surface area contributed by atoms with Crippen molar-refractivity contribution in [1.82, 2.24) is 20.5 Å². The Kier molecular flexibility index (Phi) is 10.4. The maximum absolute atomic E-state index is 11.0. The van der Waals surface area contributed by atoms with Gasteiger partial charge in [-0.05, 0) is 33.6 Å². The molecule has 0 aromatic carbocycles. The average molecular weight is 494 g/mol. The molecule has 2 rings (SSSR count). The van der Waals surface area contributed by atoms with Gasteiger partial charge >= 0.3 is 0 Å². The van der Waals surface area contributed by atoms with Crippen molar-refractivity contribution in [2.24, 2.45) is 10.7 Å². The topological polar surface area (TPSA) is 95.6 Å². The molecule has 1 aromatic rings. The molecule has 1 aliphatic rings. The molecule has 26 heavy (non-hydrogen) atoms. The molecule has 0 spiro atoms. The van der Waals surface area contributed by atoms with Crippen LogP contribution in [0.15, 0.2) is 4.99 Å². The first kappa shape index (κ1) is 23.1. The van der Waals surface area contributed by atoms with E-state index in [2.05, 4.69) is 34.4 Å². The highest BCUT2D eigenvalue weighted by Gasteiger charge is 2.20. The lowest BCUT2D eigenvalue weighted by Crippen LogP contribution is -2.49. The van der Waals surface area contributed by atoms with Gasteiger partial charge in [0.2, 0.25) is 5.91 Å². The Labute approximate surface area is 177 Å². The van der Waals surface area contributed by atoms with Crippen LogP contribution in [-0.4, -0.2) is 60.5 Å². The smallest absolute Gasteiger partial charge is 0.231 e. The second kappa shape index (κ2) is 11.7. The number of aryl methyl sites for hydroxylation is 2. The number of carbonyl (C=O) groups is 1. The van der Waals surface area contributed by atoms with E-state index < -0.39 is 0 Å². The van der Waals surface area contributed by atoms with Crippen LogP contribution in [0.25, 0.3) is 0 Å². The molecule has 0 saturated carbocycles. The van der Waals surface area contributed by atoms with Crippen molar-refractivity contribution >= 4 is 47.2 Å². The van der Waals surface area contributed by atoms with E-state index >= 15 is 0 Å². The molecule has 9 heteroatoms. The van der Waals surface area contributed by atoms with Crippen LogP contribution < -0.4 is 16.4 Å². The minimum absolute atomic E-state index is 0. The van der Waals surface area contributed by atoms with Crippen molar-refractivity contribution in [2.75, 3.05) is 32.7 Å². The Morgan fingerprint density at radius 3 is 2.62 bits per heavy atom. The van der Waals surface area contributed by atoms with Crippen molar-refractivity contribution in [1.29, 1.82) is 0 Å². The fourth-order valence-corrected chi connectivity index (χ4v) is 3.97. The number of nitrogens with two attached hydrogens (primary N) is 1. The van der Waals surface area contributed by atoms with Crippen LogP contribution in [-0.2, 0) is 11.2 Å². The Morgan fingerprint density at radius 1 is 1.38 bits per heavy atom. The van der Waals surface area contributed by atoms with Crippen LogP contribution in [0.2, 0.25) is 0 Å². The maximum atomic E-state index is 11.0. The van der Waals surface area contributed by atoms with Crippen molar-refractivity contribution in [3.05, 3.63) is 15.6 Å². The highest BCUT2D eigenvalue weighted by molar-refractivity contribution is 14.0. The number of amides is 1. The van der Waals surface area contributed by atoms with Gasteiger partial charge < -0.3 is 16.4 Å². The third-order valence-corrected chi connectivity index (χ3v) is 5.39. The first-order valence-corrected chi connectivity index (χ1v) is 9.78. The van der Waals surface area contributed by atoms with Gasteiger partial charge in [0.05, 0.1) is 17.2 Å². The van der Waals surface area contributed by atoms with Crippen LogP contribution >= 0.6 is 35.3 Å². The zero-order chi connectivity index (χ0) is 18.2. The SMILES string of the molecule is CCNC(=NCCc1sc(C)nc1C)NC1CCN(CC(N)=O)CC1.I. The number of rotatable bonds is 7.